The molecular weight excluding hydrogens is 440 g/mol. The third-order valence-corrected chi connectivity index (χ3v) is 5.23. The first kappa shape index (κ1) is 23.6. The van der Waals surface area contributed by atoms with Crippen molar-refractivity contribution >= 4 is 23.6 Å². The quantitative estimate of drug-likeness (QED) is 0.284. The highest BCUT2D eigenvalue weighted by Gasteiger charge is 2.06. The van der Waals surface area contributed by atoms with Crippen LogP contribution in [-0.2, 0) is 29.1 Å². The number of amides is 2. The van der Waals surface area contributed by atoms with Gasteiger partial charge in [0.25, 0.3) is 0 Å². The van der Waals surface area contributed by atoms with E-state index in [-0.39, 0.29) is 16.1 Å². The van der Waals surface area contributed by atoms with Gasteiger partial charge in [-0.1, -0.05) is 84.9 Å². The van der Waals surface area contributed by atoms with Crippen LogP contribution in [0.2, 0.25) is 0 Å². The van der Waals surface area contributed by atoms with Crippen LogP contribution in [0.4, 0.5) is 21.0 Å². The fourth-order valence-corrected chi connectivity index (χ4v) is 3.40. The number of anilines is 2. The zero-order valence-corrected chi connectivity index (χ0v) is 19.1. The molecule has 0 radical (unpaired) electrons. The molecule has 4 rings (SSSR count). The fraction of sp³-hybridized carbons (Fsp3) is 0.103. The molecule has 0 spiro atoms. The lowest BCUT2D eigenvalue weighted by Gasteiger charge is -2.09. The molecular formula is C29H30N2O4. The van der Waals surface area contributed by atoms with Gasteiger partial charge in [0.05, 0.1) is 0 Å². The second kappa shape index (κ2) is 12.0. The van der Waals surface area contributed by atoms with Crippen molar-refractivity contribution in [2.75, 3.05) is 10.6 Å². The van der Waals surface area contributed by atoms with E-state index in [1.165, 1.54) is 0 Å². The number of hydrogen-bond acceptors (Lipinski definition) is 4. The van der Waals surface area contributed by atoms with Gasteiger partial charge in [-0.2, -0.15) is 0 Å². The number of rotatable bonds is 8. The Balaban J connectivity index is 0.00000241. The third kappa shape index (κ3) is 7.75. The van der Waals surface area contributed by atoms with Gasteiger partial charge in [0, 0.05) is 14.2 Å². The summed E-state index contributed by atoms with van der Waals surface area (Å²) in [6.07, 6.45) is -0.267. The molecule has 0 aliphatic carbocycles. The molecule has 0 saturated carbocycles. The van der Waals surface area contributed by atoms with Crippen molar-refractivity contribution in [2.45, 2.75) is 19.6 Å². The number of benzene rings is 4. The summed E-state index contributed by atoms with van der Waals surface area (Å²) in [6.45, 7) is 0.445. The van der Waals surface area contributed by atoms with Crippen molar-refractivity contribution in [2.24, 2.45) is 0 Å². The van der Waals surface area contributed by atoms with E-state index >= 15 is 0 Å². The van der Waals surface area contributed by atoms with Crippen molar-refractivity contribution in [1.82, 2.24) is 0 Å². The smallest absolute Gasteiger partial charge is 0.411 e. The summed E-state index contributed by atoms with van der Waals surface area (Å²) in [7, 11) is 0. The van der Waals surface area contributed by atoms with E-state index in [2.05, 4.69) is 10.6 Å². The summed E-state index contributed by atoms with van der Waals surface area (Å²) in [5.41, 5.74) is 5.39. The summed E-state index contributed by atoms with van der Waals surface area (Å²) in [6, 6.07) is 34.3. The molecule has 0 bridgehead atoms. The van der Waals surface area contributed by atoms with Crippen molar-refractivity contribution in [3.05, 3.63) is 131 Å². The highest BCUT2D eigenvalue weighted by molar-refractivity contribution is 5.85. The summed E-state index contributed by atoms with van der Waals surface area (Å²) < 4.78 is 10.5. The number of carbonyl (C=O) groups excluding carboxylic acids is 2. The van der Waals surface area contributed by atoms with E-state index in [0.717, 1.165) is 28.7 Å². The van der Waals surface area contributed by atoms with Gasteiger partial charge < -0.3 is 9.47 Å². The first-order chi connectivity index (χ1) is 17.1. The van der Waals surface area contributed by atoms with Gasteiger partial charge in [-0.05, 0) is 52.9 Å². The molecule has 0 atom stereocenters. The summed E-state index contributed by atoms with van der Waals surface area (Å²) in [4.78, 5) is 24.0. The largest absolute Gasteiger partial charge is 0.444 e. The lowest BCUT2D eigenvalue weighted by molar-refractivity contribution is 0.154. The molecule has 0 unspecified atom stereocenters. The molecule has 0 saturated heterocycles. The number of ether oxygens (including phenoxy) is 2. The predicted molar refractivity (Wildman–Crippen MR) is 140 cm³/mol. The van der Waals surface area contributed by atoms with Crippen molar-refractivity contribution < 1.29 is 21.9 Å². The minimum absolute atomic E-state index is 0. The molecule has 35 heavy (non-hydrogen) atoms. The van der Waals surface area contributed by atoms with E-state index in [1.54, 1.807) is 0 Å². The summed E-state index contributed by atoms with van der Waals surface area (Å²) in [5, 5.41) is 5.47. The molecule has 6 heteroatoms. The molecule has 2 amide bonds. The fourth-order valence-electron chi connectivity index (χ4n) is 3.40. The van der Waals surface area contributed by atoms with Gasteiger partial charge in [-0.3, -0.25) is 10.6 Å². The van der Waals surface area contributed by atoms with Gasteiger partial charge in [0.1, 0.15) is 13.2 Å². The molecule has 6 nitrogen and oxygen atoms in total. The van der Waals surface area contributed by atoms with Gasteiger partial charge in [0.15, 0.2) is 0 Å². The van der Waals surface area contributed by atoms with Gasteiger partial charge >= 0.3 is 12.2 Å². The normalized spacial score (nSPS) is 10.3. The van der Waals surface area contributed by atoms with Crippen LogP contribution >= 0.6 is 0 Å². The monoisotopic (exact) mass is 470 g/mol. The van der Waals surface area contributed by atoms with E-state index in [4.69, 9.17) is 9.47 Å². The van der Waals surface area contributed by atoms with Crippen LogP contribution in [0, 0.1) is 0 Å². The van der Waals surface area contributed by atoms with Crippen LogP contribution in [0.1, 0.15) is 25.1 Å². The predicted octanol–water partition coefficient (Wildman–Crippen LogP) is 7.27. The maximum Gasteiger partial charge on any atom is 0.411 e. The second-order valence-electron chi connectivity index (χ2n) is 7.94. The van der Waals surface area contributed by atoms with Crippen LogP contribution in [0.5, 0.6) is 0 Å². The molecule has 0 aliphatic heterocycles. The van der Waals surface area contributed by atoms with Crippen LogP contribution < -0.4 is 10.6 Å². The minimum Gasteiger partial charge on any atom is -0.444 e. The maximum atomic E-state index is 12.0. The van der Waals surface area contributed by atoms with E-state index in [0.29, 0.717) is 11.4 Å². The maximum absolute atomic E-state index is 12.0. The van der Waals surface area contributed by atoms with Crippen LogP contribution in [0.3, 0.4) is 0 Å². The molecule has 180 valence electrons. The zero-order chi connectivity index (χ0) is 24.3. The lowest BCUT2D eigenvalue weighted by atomic mass is 10.0. The highest BCUT2D eigenvalue weighted by Crippen LogP contribution is 2.17. The van der Waals surface area contributed by atoms with Crippen LogP contribution in [0.25, 0.3) is 0 Å². The summed E-state index contributed by atoms with van der Waals surface area (Å²) >= 11 is 0. The molecule has 0 aromatic heterocycles. The van der Waals surface area contributed by atoms with Crippen LogP contribution in [0.15, 0.2) is 109 Å². The van der Waals surface area contributed by atoms with Crippen molar-refractivity contribution in [1.29, 1.82) is 0 Å². The Morgan fingerprint density at radius 2 is 0.886 bits per heavy atom. The standard InChI is InChI=1S/C29H26N2O4.2H2/c32-28(34-20-24-7-3-1-4-8-24)30-26-15-11-22(12-16-26)19-23-13-17-27(18-14-23)31-29(33)35-21-25-9-5-2-6-10-25;;/h1-18H,19-21H2,(H,30,32)(H,31,33);2*1H. The molecule has 0 aliphatic rings. The zero-order valence-electron chi connectivity index (χ0n) is 19.1. The Morgan fingerprint density at radius 1 is 0.514 bits per heavy atom. The molecule has 0 fully saturated rings. The lowest BCUT2D eigenvalue weighted by Crippen LogP contribution is -2.13. The minimum atomic E-state index is -0.494. The second-order valence-corrected chi connectivity index (χ2v) is 7.94. The first-order valence-corrected chi connectivity index (χ1v) is 11.3. The molecule has 4 aromatic rings. The van der Waals surface area contributed by atoms with E-state index in [1.807, 2.05) is 109 Å². The third-order valence-electron chi connectivity index (χ3n) is 5.23. The van der Waals surface area contributed by atoms with Gasteiger partial charge in [-0.15, -0.1) is 0 Å². The SMILES string of the molecule is O=C(Nc1ccc(Cc2ccc(NC(=O)OCc3ccccc3)cc2)cc1)OCc1ccccc1.[HH].[HH]. The number of carbonyl (C=O) groups is 2. The number of nitrogens with one attached hydrogen (secondary N) is 2. The molecule has 2 N–H and O–H groups in total. The topological polar surface area (TPSA) is 76.7 Å². The Morgan fingerprint density at radius 3 is 1.26 bits per heavy atom. The van der Waals surface area contributed by atoms with Gasteiger partial charge in [0.2, 0.25) is 0 Å². The first-order valence-electron chi connectivity index (χ1n) is 11.3. The Bertz CT molecular complexity index is 1140. The molecule has 4 aromatic carbocycles. The van der Waals surface area contributed by atoms with Crippen molar-refractivity contribution in [3.8, 4) is 0 Å². The molecule has 0 heterocycles. The Labute approximate surface area is 207 Å². The van der Waals surface area contributed by atoms with Crippen molar-refractivity contribution in [3.63, 3.8) is 0 Å². The average molecular weight is 471 g/mol. The summed E-state index contributed by atoms with van der Waals surface area (Å²) in [5.74, 6) is 0. The van der Waals surface area contributed by atoms with E-state index in [9.17, 15) is 9.59 Å². The Hall–Kier alpha value is -4.58. The number of hydrogen-bond donors (Lipinski definition) is 2. The van der Waals surface area contributed by atoms with Crippen LogP contribution in [-0.4, -0.2) is 12.2 Å². The van der Waals surface area contributed by atoms with Gasteiger partial charge in [-0.25, -0.2) is 9.59 Å². The Kier molecular flexibility index (Phi) is 8.11. The average Bonchev–Trinajstić information content (AvgIpc) is 2.90. The highest BCUT2D eigenvalue weighted by atomic mass is 16.6. The van der Waals surface area contributed by atoms with E-state index < -0.39 is 12.2 Å².